The molecule has 160 valence electrons. The third kappa shape index (κ3) is 4.75. The monoisotopic (exact) mass is 411 g/mol. The quantitative estimate of drug-likeness (QED) is 0.805. The summed E-state index contributed by atoms with van der Waals surface area (Å²) in [4.78, 5) is 17.4. The van der Waals surface area contributed by atoms with Gasteiger partial charge >= 0.3 is 6.03 Å². The number of hydrogen-bond donors (Lipinski definition) is 1. The first-order valence-corrected chi connectivity index (χ1v) is 10.7. The minimum atomic E-state index is -0.260. The van der Waals surface area contributed by atoms with Crippen molar-refractivity contribution in [2.45, 2.75) is 44.8 Å². The van der Waals surface area contributed by atoms with Gasteiger partial charge in [0, 0.05) is 30.6 Å². The third-order valence-electron chi connectivity index (χ3n) is 6.19. The number of benzene rings is 2. The number of likely N-dealkylation sites (tertiary alicyclic amines) is 1. The lowest BCUT2D eigenvalue weighted by molar-refractivity contribution is 0.127. The molecule has 5 nitrogen and oxygen atoms in total. The standard InChI is InChI=1S/C24H30FN3O2/c1-17-16-30-23-8-5-19(13-22(17)23)14-26-24(29)28(21-9-11-27(2)12-10-21)15-18-3-6-20(25)7-4-18/h3-8,13,17,21H,9-12,14-16H2,1-2H3,(H,26,29). The fourth-order valence-electron chi connectivity index (χ4n) is 4.27. The highest BCUT2D eigenvalue weighted by Gasteiger charge is 2.27. The second-order valence-corrected chi connectivity index (χ2v) is 8.53. The summed E-state index contributed by atoms with van der Waals surface area (Å²) in [5, 5.41) is 3.10. The summed E-state index contributed by atoms with van der Waals surface area (Å²) < 4.78 is 19.0. The zero-order valence-electron chi connectivity index (χ0n) is 17.7. The number of hydrogen-bond acceptors (Lipinski definition) is 3. The molecule has 2 aromatic rings. The van der Waals surface area contributed by atoms with Gasteiger partial charge in [0.2, 0.25) is 0 Å². The molecule has 2 aliphatic rings. The number of amides is 2. The predicted octanol–water partition coefficient (Wildman–Crippen LogP) is 4.13. The zero-order valence-corrected chi connectivity index (χ0v) is 17.7. The van der Waals surface area contributed by atoms with E-state index in [0.29, 0.717) is 25.6 Å². The van der Waals surface area contributed by atoms with Gasteiger partial charge in [0.15, 0.2) is 0 Å². The van der Waals surface area contributed by atoms with Crippen LogP contribution in [0.3, 0.4) is 0 Å². The van der Waals surface area contributed by atoms with Gasteiger partial charge in [-0.05, 0) is 68.4 Å². The number of rotatable bonds is 5. The predicted molar refractivity (Wildman–Crippen MR) is 115 cm³/mol. The number of halogens is 1. The molecule has 2 heterocycles. The molecule has 2 aromatic carbocycles. The smallest absolute Gasteiger partial charge is 0.318 e. The van der Waals surface area contributed by atoms with Crippen molar-refractivity contribution >= 4 is 6.03 Å². The number of ether oxygens (including phenoxy) is 1. The van der Waals surface area contributed by atoms with Gasteiger partial charge in [0.1, 0.15) is 11.6 Å². The van der Waals surface area contributed by atoms with Crippen molar-refractivity contribution < 1.29 is 13.9 Å². The Kier molecular flexibility index (Phi) is 6.23. The Bertz CT molecular complexity index is 879. The van der Waals surface area contributed by atoms with E-state index in [1.165, 1.54) is 17.7 Å². The summed E-state index contributed by atoms with van der Waals surface area (Å²) in [6.45, 7) is 5.77. The first-order chi connectivity index (χ1) is 14.5. The highest BCUT2D eigenvalue weighted by molar-refractivity contribution is 5.74. The van der Waals surface area contributed by atoms with Crippen molar-refractivity contribution in [3.63, 3.8) is 0 Å². The van der Waals surface area contributed by atoms with Gasteiger partial charge in [-0.3, -0.25) is 0 Å². The number of piperidine rings is 1. The van der Waals surface area contributed by atoms with Crippen LogP contribution in [0, 0.1) is 5.82 Å². The molecule has 1 unspecified atom stereocenters. The van der Waals surface area contributed by atoms with Crippen molar-refractivity contribution in [3.8, 4) is 5.75 Å². The number of nitrogens with zero attached hydrogens (tertiary/aromatic N) is 2. The molecule has 0 radical (unpaired) electrons. The SMILES string of the molecule is CC1COc2ccc(CNC(=O)N(Cc3ccc(F)cc3)C3CCN(C)CC3)cc21. The summed E-state index contributed by atoms with van der Waals surface area (Å²) >= 11 is 0. The molecular weight excluding hydrogens is 381 g/mol. The minimum Gasteiger partial charge on any atom is -0.493 e. The van der Waals surface area contributed by atoms with E-state index < -0.39 is 0 Å². The Morgan fingerprint density at radius 1 is 1.17 bits per heavy atom. The molecule has 4 rings (SSSR count). The first-order valence-electron chi connectivity index (χ1n) is 10.7. The van der Waals surface area contributed by atoms with Crippen LogP contribution < -0.4 is 10.1 Å². The Morgan fingerprint density at radius 3 is 2.60 bits per heavy atom. The first kappa shape index (κ1) is 20.7. The third-order valence-corrected chi connectivity index (χ3v) is 6.19. The minimum absolute atomic E-state index is 0.0707. The fourth-order valence-corrected chi connectivity index (χ4v) is 4.27. The lowest BCUT2D eigenvalue weighted by Crippen LogP contribution is -2.49. The maximum absolute atomic E-state index is 13.3. The van der Waals surface area contributed by atoms with Gasteiger partial charge in [-0.15, -0.1) is 0 Å². The molecule has 2 amide bonds. The van der Waals surface area contributed by atoms with Gasteiger partial charge < -0.3 is 19.9 Å². The van der Waals surface area contributed by atoms with E-state index in [4.69, 9.17) is 4.74 Å². The second kappa shape index (κ2) is 9.04. The van der Waals surface area contributed by atoms with Gasteiger partial charge in [-0.2, -0.15) is 0 Å². The molecule has 6 heteroatoms. The topological polar surface area (TPSA) is 44.8 Å². The van der Waals surface area contributed by atoms with Crippen LogP contribution in [-0.4, -0.2) is 48.6 Å². The summed E-state index contributed by atoms with van der Waals surface area (Å²) in [6.07, 6.45) is 1.89. The fraction of sp³-hybridized carbons (Fsp3) is 0.458. The molecule has 2 aliphatic heterocycles. The van der Waals surface area contributed by atoms with Crippen LogP contribution >= 0.6 is 0 Å². The van der Waals surface area contributed by atoms with Crippen molar-refractivity contribution in [2.24, 2.45) is 0 Å². The highest BCUT2D eigenvalue weighted by atomic mass is 19.1. The molecule has 1 atom stereocenters. The van der Waals surface area contributed by atoms with Crippen LogP contribution in [0.2, 0.25) is 0 Å². The Balaban J connectivity index is 1.44. The van der Waals surface area contributed by atoms with E-state index in [0.717, 1.165) is 42.8 Å². The number of fused-ring (bicyclic) bond motifs is 1. The molecular formula is C24H30FN3O2. The molecule has 30 heavy (non-hydrogen) atoms. The van der Waals surface area contributed by atoms with Gasteiger partial charge in [0.25, 0.3) is 0 Å². The molecule has 1 N–H and O–H groups in total. The lowest BCUT2D eigenvalue weighted by Gasteiger charge is -2.37. The molecule has 1 fully saturated rings. The molecule has 0 bridgehead atoms. The largest absolute Gasteiger partial charge is 0.493 e. The van der Waals surface area contributed by atoms with E-state index >= 15 is 0 Å². The molecule has 0 aromatic heterocycles. The lowest BCUT2D eigenvalue weighted by atomic mass is 10.0. The maximum atomic E-state index is 13.3. The summed E-state index contributed by atoms with van der Waals surface area (Å²) in [7, 11) is 2.11. The number of carbonyl (C=O) groups excluding carboxylic acids is 1. The number of nitrogens with one attached hydrogen (secondary N) is 1. The average Bonchev–Trinajstić information content (AvgIpc) is 3.12. The van der Waals surface area contributed by atoms with Crippen molar-refractivity contribution in [3.05, 3.63) is 65.0 Å². The Labute approximate surface area is 177 Å². The van der Waals surface area contributed by atoms with E-state index in [9.17, 15) is 9.18 Å². The Hall–Kier alpha value is -2.60. The maximum Gasteiger partial charge on any atom is 0.318 e. The Morgan fingerprint density at radius 2 is 1.87 bits per heavy atom. The van der Waals surface area contributed by atoms with Gasteiger partial charge in [0.05, 0.1) is 6.61 Å². The summed E-state index contributed by atoms with van der Waals surface area (Å²) in [5.74, 6) is 1.07. The molecule has 0 aliphatic carbocycles. The van der Waals surface area contributed by atoms with E-state index in [1.54, 1.807) is 12.1 Å². The van der Waals surface area contributed by atoms with Crippen molar-refractivity contribution in [1.29, 1.82) is 0 Å². The number of urea groups is 1. The van der Waals surface area contributed by atoms with E-state index in [-0.39, 0.29) is 17.9 Å². The van der Waals surface area contributed by atoms with Crippen molar-refractivity contribution in [1.82, 2.24) is 15.1 Å². The second-order valence-electron chi connectivity index (χ2n) is 8.53. The zero-order chi connectivity index (χ0) is 21.1. The van der Waals surface area contributed by atoms with Crippen molar-refractivity contribution in [2.75, 3.05) is 26.7 Å². The summed E-state index contributed by atoms with van der Waals surface area (Å²) in [5.41, 5.74) is 3.22. The summed E-state index contributed by atoms with van der Waals surface area (Å²) in [6, 6.07) is 12.7. The average molecular weight is 412 g/mol. The van der Waals surface area contributed by atoms with Crippen LogP contribution in [0.15, 0.2) is 42.5 Å². The van der Waals surface area contributed by atoms with Crippen LogP contribution in [0.5, 0.6) is 5.75 Å². The molecule has 0 spiro atoms. The van der Waals surface area contributed by atoms with E-state index in [1.807, 2.05) is 17.0 Å². The van der Waals surface area contributed by atoms with E-state index in [2.05, 4.69) is 30.3 Å². The number of carbonyl (C=O) groups is 1. The van der Waals surface area contributed by atoms with Crippen LogP contribution in [0.25, 0.3) is 0 Å². The molecule has 1 saturated heterocycles. The molecule has 0 saturated carbocycles. The van der Waals surface area contributed by atoms with Crippen LogP contribution in [0.4, 0.5) is 9.18 Å². The van der Waals surface area contributed by atoms with Crippen LogP contribution in [-0.2, 0) is 13.1 Å². The van der Waals surface area contributed by atoms with Crippen LogP contribution in [0.1, 0.15) is 42.4 Å². The normalized spacial score (nSPS) is 19.2. The van der Waals surface area contributed by atoms with Gasteiger partial charge in [-0.25, -0.2) is 9.18 Å². The highest BCUT2D eigenvalue weighted by Crippen LogP contribution is 2.34. The van der Waals surface area contributed by atoms with Gasteiger partial charge in [-0.1, -0.05) is 25.1 Å².